The van der Waals surface area contributed by atoms with Crippen LogP contribution in [0.15, 0.2) is 42.0 Å². The lowest BCUT2D eigenvalue weighted by Crippen LogP contribution is -2.71. The number of benzene rings is 1. The minimum absolute atomic E-state index is 0.00152. The van der Waals surface area contributed by atoms with Crippen LogP contribution in [0, 0.1) is 56.2 Å². The second-order valence-corrected chi connectivity index (χ2v) is 88.9. The van der Waals surface area contributed by atoms with E-state index in [2.05, 4.69) is 235 Å². The van der Waals surface area contributed by atoms with Gasteiger partial charge >= 0.3 is 5.97 Å². The molecule has 0 N–H and O–H groups in total. The second-order valence-electron chi connectivity index (χ2n) is 46.0. The number of rotatable bonds is 58. The molecule has 3 heterocycles. The van der Waals surface area contributed by atoms with Crippen LogP contribution in [0.1, 0.15) is 292 Å². The van der Waals surface area contributed by atoms with Crippen molar-refractivity contribution in [2.45, 2.75) is 548 Å². The average Bonchev–Trinajstić information content (AvgIpc) is 0.666. The fraction of sp³-hybridized carbons (Fsp3) is 0.899. The molecule has 4 saturated carbocycles. The smallest absolute Gasteiger partial charge is 0.338 e. The van der Waals surface area contributed by atoms with Crippen LogP contribution in [0.25, 0.3) is 0 Å². The number of halogens is 1. The average molecular weight is 2110 g/mol. The van der Waals surface area contributed by atoms with E-state index in [1.54, 1.807) is 0 Å². The van der Waals surface area contributed by atoms with Crippen molar-refractivity contribution in [1.29, 1.82) is 0 Å². The minimum atomic E-state index is -2.97. The lowest BCUT2D eigenvalue weighted by Gasteiger charge is -2.72. The van der Waals surface area contributed by atoms with E-state index in [-0.39, 0.29) is 83.1 Å². The van der Waals surface area contributed by atoms with Crippen LogP contribution >= 0.6 is 11.6 Å². The van der Waals surface area contributed by atoms with E-state index in [9.17, 15) is 4.79 Å². The Hall–Kier alpha value is -0.588. The lowest BCUT2D eigenvalue weighted by atomic mass is 9.33. The summed E-state index contributed by atoms with van der Waals surface area (Å²) in [7, 11) is -23.5. The second kappa shape index (κ2) is 51.0. The highest BCUT2D eigenvalue weighted by Gasteiger charge is 2.73. The summed E-state index contributed by atoms with van der Waals surface area (Å²) in [6.07, 6.45) is -3.09. The summed E-state index contributed by atoms with van der Waals surface area (Å²) in [5.74, 6) is -0.895. The molecule has 0 amide bonds. The van der Waals surface area contributed by atoms with Crippen LogP contribution < -0.4 is 0 Å². The molecule has 3 aliphatic heterocycles. The molecule has 17 unspecified atom stereocenters. The van der Waals surface area contributed by atoms with Crippen molar-refractivity contribution in [3.8, 4) is 0 Å². The molecule has 798 valence electrons. The quantitative estimate of drug-likeness (QED) is 0.0196. The molecule has 5 aliphatic carbocycles. The van der Waals surface area contributed by atoms with Gasteiger partial charge in [0.05, 0.1) is 37.4 Å². The van der Waals surface area contributed by atoms with Crippen molar-refractivity contribution < 1.29 is 87.4 Å². The van der Waals surface area contributed by atoms with Gasteiger partial charge in [-0.3, -0.25) is 4.79 Å². The number of hydrogen-bond donors (Lipinski definition) is 0. The van der Waals surface area contributed by atoms with Gasteiger partial charge in [0.1, 0.15) is 67.8 Å². The molecule has 0 spiro atoms. The fourth-order valence-corrected chi connectivity index (χ4v) is 54.2. The molecular formula is C109H205ClO19Si9. The number of carbonyl (C=O) groups excluding carboxylic acids is 3. The van der Waals surface area contributed by atoms with E-state index in [1.165, 1.54) is 11.9 Å². The first-order valence-electron chi connectivity index (χ1n) is 57.1. The lowest BCUT2D eigenvalue weighted by molar-refractivity contribution is -0.381. The molecule has 1 aromatic carbocycles. The van der Waals surface area contributed by atoms with Gasteiger partial charge in [-0.2, -0.15) is 0 Å². The Labute approximate surface area is 856 Å². The largest absolute Gasteiger partial charge is 0.459 e. The van der Waals surface area contributed by atoms with Gasteiger partial charge in [-0.15, -0.1) is 0 Å². The molecule has 19 nitrogen and oxygen atoms in total. The number of aldehydes is 1. The predicted molar refractivity (Wildman–Crippen MR) is 588 cm³/mol. The maximum atomic E-state index is 16.8. The predicted octanol–water partition coefficient (Wildman–Crippen LogP) is 29.4. The van der Waals surface area contributed by atoms with Gasteiger partial charge in [0.15, 0.2) is 99.8 Å². The molecule has 8 aliphatic rings. The Balaban J connectivity index is 1.35. The van der Waals surface area contributed by atoms with Gasteiger partial charge in [0.25, 0.3) is 0 Å². The first kappa shape index (κ1) is 121. The molecular weight excluding hydrogens is 1900 g/mol. The SMILES string of the molecule is CC[Si](CC)(CC)OCC1O[C@@H](OC2C(O[C@@H]3OC[C@@H](O[Si](CC)(CC)CC)C(O[Si](CC)(CC)CC)C3O[Si](CC)(CC)CC)[C@H](O[Si](CC)(CC)CC)C(C(=O)OCc3ccccc3)O[C@H]2OCC2CCC3(C)C(CCC4(C)C3CC=C3C5CC(C)(C)CC[C@]5(C(=O)Cl)C(O[Si](CC)(CC)CC)CC34C)C2(C)C=O)C(O[Si](CC)(CC)CC)C(O[Si](CC)(CC)CC)[C@H]1O[Si](CC)(CC)CC. The van der Waals surface area contributed by atoms with E-state index >= 15 is 9.59 Å². The zero-order valence-electron chi connectivity index (χ0n) is 93.9. The van der Waals surface area contributed by atoms with Crippen LogP contribution in [0.2, 0.25) is 163 Å². The molecule has 138 heavy (non-hydrogen) atoms. The van der Waals surface area contributed by atoms with Crippen LogP contribution in [-0.4, -0.2) is 204 Å². The third kappa shape index (κ3) is 24.3. The summed E-state index contributed by atoms with van der Waals surface area (Å²) in [6.45, 7) is 77.2. The number of fused-ring (bicyclic) bond motifs is 7. The Morgan fingerprint density at radius 3 is 1.31 bits per heavy atom. The summed E-state index contributed by atoms with van der Waals surface area (Å²) in [5.41, 5.74) is -0.379. The molecule has 0 radical (unpaired) electrons. The highest BCUT2D eigenvalue weighted by atomic mass is 35.5. The molecule has 24 atom stereocenters. The third-order valence-electron chi connectivity index (χ3n) is 41.2. The fourth-order valence-electron chi connectivity index (χ4n) is 28.4. The van der Waals surface area contributed by atoms with Crippen molar-refractivity contribution in [2.24, 2.45) is 56.2 Å². The standard InChI is InChI=1S/C109H205ClO19Si9/c1-34-130(35-2,36-3)117-79-85-90(124-133(43-10,44-11)45-12)93(126-135(49-16,50-17)51-18)98(129-138(58-25,59-26)60-27)102(118-85)121-96-92(119-101-97(128-137(55-22,56-23)57-24)91(125-134(46-13,47-14)48-15)86(78-116-101)122-131(37-4,38-5)39-6)94(127-136(52-19,53-20)54-21)95(99(112)114-76-81-64-62-61-63-65-81)120-100(96)115-77-82-68-70-105(30)87(106(82,31)80-111)69-71-107(32)88(105)67-66-83-84-74-104(28,29)72-73-109(84,103(110)113)89(75-108(83,107)33)123-132(40-7,41-8)42-9/h61-66,80,82,84-98,100-102H,34-60,67-79H2,1-33H3/t82?,84?,85?,86-,87?,88?,89?,90+,91?,92?,93?,94+,95?,96?,97?,98?,100-,101+,102+,105?,106?,107?,108?,109-/m1/s1. The van der Waals surface area contributed by atoms with Crippen molar-refractivity contribution >= 4 is 104 Å². The van der Waals surface area contributed by atoms with Crippen LogP contribution in [0.5, 0.6) is 0 Å². The van der Waals surface area contributed by atoms with Crippen molar-refractivity contribution in [1.82, 2.24) is 0 Å². The van der Waals surface area contributed by atoms with E-state index in [0.717, 1.165) is 220 Å². The third-order valence-corrected chi connectivity index (χ3v) is 83.4. The molecule has 29 heteroatoms. The molecule has 1 aromatic rings. The highest BCUT2D eigenvalue weighted by molar-refractivity contribution is 6.77. The normalized spacial score (nSPS) is 33.5. The Morgan fingerprint density at radius 1 is 0.420 bits per heavy atom. The van der Waals surface area contributed by atoms with Gasteiger partial charge in [0, 0.05) is 5.41 Å². The molecule has 9 rings (SSSR count). The molecule has 0 aromatic heterocycles. The number of ether oxygens (including phenoxy) is 7. The first-order valence-corrected chi connectivity index (χ1v) is 80.2. The Kier molecular flexibility index (Phi) is 44.7. The van der Waals surface area contributed by atoms with Crippen molar-refractivity contribution in [3.05, 3.63) is 47.5 Å². The van der Waals surface area contributed by atoms with Crippen LogP contribution in [-0.2, 0) is 94.0 Å². The number of allylic oxidation sites excluding steroid dienone is 2. The number of carbonyl (C=O) groups is 3. The van der Waals surface area contributed by atoms with Gasteiger partial charge in [-0.05, 0) is 283 Å². The minimum Gasteiger partial charge on any atom is -0.459 e. The topological polar surface area (TPSA) is 199 Å². The summed E-state index contributed by atoms with van der Waals surface area (Å²) >= 11 is 7.27. The Bertz CT molecular complexity index is 3840. The molecule has 3 saturated heterocycles. The monoisotopic (exact) mass is 2110 g/mol. The summed E-state index contributed by atoms with van der Waals surface area (Å²) in [4.78, 5) is 47.3. The van der Waals surface area contributed by atoms with Gasteiger partial charge < -0.3 is 77.8 Å². The van der Waals surface area contributed by atoms with E-state index in [0.29, 0.717) is 6.42 Å². The maximum Gasteiger partial charge on any atom is 0.338 e. The molecule has 7 fully saturated rings. The van der Waals surface area contributed by atoms with Crippen molar-refractivity contribution in [3.63, 3.8) is 0 Å². The Morgan fingerprint density at radius 2 is 0.848 bits per heavy atom. The van der Waals surface area contributed by atoms with Gasteiger partial charge in [-0.25, -0.2) is 4.79 Å². The van der Waals surface area contributed by atoms with Gasteiger partial charge in [0.2, 0.25) is 5.24 Å². The number of hydrogen-bond acceptors (Lipinski definition) is 19. The zero-order chi connectivity index (χ0) is 102. The van der Waals surface area contributed by atoms with Gasteiger partial charge in [-0.1, -0.05) is 270 Å². The van der Waals surface area contributed by atoms with E-state index in [4.69, 9.17) is 84.6 Å². The summed E-state index contributed by atoms with van der Waals surface area (Å²) in [5, 5.41) is -0.220. The van der Waals surface area contributed by atoms with Crippen molar-refractivity contribution in [2.75, 3.05) is 19.8 Å². The van der Waals surface area contributed by atoms with E-state index < -0.39 is 178 Å². The van der Waals surface area contributed by atoms with Crippen LogP contribution in [0.4, 0.5) is 0 Å². The van der Waals surface area contributed by atoms with E-state index in [1.807, 2.05) is 30.3 Å². The zero-order valence-corrected chi connectivity index (χ0v) is 104. The highest BCUT2D eigenvalue weighted by Crippen LogP contribution is 2.77. The summed E-state index contributed by atoms with van der Waals surface area (Å²) < 4.78 is 130. The molecule has 0 bridgehead atoms. The maximum absolute atomic E-state index is 16.8. The van der Waals surface area contributed by atoms with Crippen LogP contribution in [0.3, 0.4) is 0 Å². The first-order chi connectivity index (χ1) is 65.6. The number of esters is 1. The summed E-state index contributed by atoms with van der Waals surface area (Å²) in [6, 6.07) is 33.6.